The first-order valence-electron chi connectivity index (χ1n) is 3.04. The molecule has 4 heteroatoms. The average Bonchev–Trinajstić information content (AvgIpc) is 1.85. The highest BCUT2D eigenvalue weighted by molar-refractivity contribution is 5.79. The van der Waals surface area contributed by atoms with Gasteiger partial charge in [0, 0.05) is 12.3 Å². The lowest BCUT2D eigenvalue weighted by Crippen LogP contribution is -2.08. The second-order valence-corrected chi connectivity index (χ2v) is 2.04. The number of hydrogen-bond donors (Lipinski definition) is 2. The lowest BCUT2D eigenvalue weighted by Gasteiger charge is -1.99. The minimum atomic E-state index is -1.02. The molecule has 0 aliphatic carbocycles. The predicted molar refractivity (Wildman–Crippen MR) is 40.7 cm³/mol. The molecule has 0 fully saturated rings. The maximum absolute atomic E-state index is 9.90. The summed E-state index contributed by atoms with van der Waals surface area (Å²) < 4.78 is 0. The molecule has 0 rings (SSSR count). The van der Waals surface area contributed by atoms with Gasteiger partial charge in [-0.3, -0.25) is 10.3 Å². The van der Waals surface area contributed by atoms with E-state index in [1.165, 1.54) is 6.20 Å². The van der Waals surface area contributed by atoms with Gasteiger partial charge >= 0.3 is 5.97 Å². The van der Waals surface area contributed by atoms with Gasteiger partial charge in [-0.1, -0.05) is 12.2 Å². The molecule has 0 aromatic rings. The Balaban J connectivity index is 3.27. The molecule has 4 nitrogen and oxygen atoms in total. The molecular formula is C7H11NO3. The van der Waals surface area contributed by atoms with Gasteiger partial charge in [0.05, 0.1) is 6.61 Å². The van der Waals surface area contributed by atoms with Crippen LogP contribution in [0.1, 0.15) is 6.92 Å². The van der Waals surface area contributed by atoms with Gasteiger partial charge in [-0.05, 0) is 6.92 Å². The van der Waals surface area contributed by atoms with E-state index >= 15 is 0 Å². The summed E-state index contributed by atoms with van der Waals surface area (Å²) >= 11 is 0. The maximum Gasteiger partial charge on any atom is 0.329 e. The highest BCUT2D eigenvalue weighted by Crippen LogP contribution is 1.84. The average molecular weight is 157 g/mol. The number of aliphatic carboxylic acids is 1. The summed E-state index contributed by atoms with van der Waals surface area (Å²) in [6.07, 6.45) is 2.14. The van der Waals surface area contributed by atoms with Crippen molar-refractivity contribution in [1.82, 2.24) is 5.48 Å². The summed E-state index contributed by atoms with van der Waals surface area (Å²) in [5, 5.41) is 8.12. The fourth-order valence-corrected chi connectivity index (χ4v) is 0.318. The van der Waals surface area contributed by atoms with E-state index in [1.54, 1.807) is 0 Å². The molecule has 11 heavy (non-hydrogen) atoms. The third-order valence-electron chi connectivity index (χ3n) is 0.696. The van der Waals surface area contributed by atoms with E-state index in [0.717, 1.165) is 11.6 Å². The second kappa shape index (κ2) is 5.49. The summed E-state index contributed by atoms with van der Waals surface area (Å²) in [5.41, 5.74) is 3.19. The van der Waals surface area contributed by atoms with Crippen molar-refractivity contribution in [3.63, 3.8) is 0 Å². The molecule has 0 aromatic heterocycles. The third-order valence-corrected chi connectivity index (χ3v) is 0.696. The van der Waals surface area contributed by atoms with Crippen molar-refractivity contribution in [1.29, 1.82) is 0 Å². The zero-order chi connectivity index (χ0) is 8.69. The Hall–Kier alpha value is -1.29. The van der Waals surface area contributed by atoms with Crippen molar-refractivity contribution >= 4 is 5.97 Å². The molecule has 0 unspecified atom stereocenters. The molecule has 62 valence electrons. The van der Waals surface area contributed by atoms with Crippen LogP contribution < -0.4 is 5.48 Å². The molecule has 0 radical (unpaired) electrons. The zero-order valence-electron chi connectivity index (χ0n) is 6.33. The number of carbonyl (C=O) groups is 1. The van der Waals surface area contributed by atoms with E-state index in [-0.39, 0.29) is 0 Å². The first-order valence-corrected chi connectivity index (χ1v) is 3.04. The molecule has 0 heterocycles. The largest absolute Gasteiger partial charge is 0.478 e. The summed E-state index contributed by atoms with van der Waals surface area (Å²) in [4.78, 5) is 14.6. The molecule has 0 saturated carbocycles. The Morgan fingerprint density at radius 2 is 2.45 bits per heavy atom. The molecule has 0 atom stereocenters. The van der Waals surface area contributed by atoms with Crippen LogP contribution in [0.4, 0.5) is 0 Å². The quantitative estimate of drug-likeness (QED) is 0.267. The Labute approximate surface area is 65.1 Å². The molecular weight excluding hydrogens is 146 g/mol. The molecule has 0 aliphatic heterocycles. The minimum Gasteiger partial charge on any atom is -0.478 e. The van der Waals surface area contributed by atoms with Crippen molar-refractivity contribution in [2.24, 2.45) is 0 Å². The lowest BCUT2D eigenvalue weighted by molar-refractivity contribution is -0.131. The van der Waals surface area contributed by atoms with E-state index in [9.17, 15) is 4.79 Å². The summed E-state index contributed by atoms with van der Waals surface area (Å²) in [5.74, 6) is -1.02. The monoisotopic (exact) mass is 157 g/mol. The topological polar surface area (TPSA) is 58.6 Å². The molecule has 0 aromatic carbocycles. The fraction of sp³-hybridized carbons (Fsp3) is 0.286. The van der Waals surface area contributed by atoms with Gasteiger partial charge in [0.2, 0.25) is 0 Å². The lowest BCUT2D eigenvalue weighted by atomic mass is 10.4. The molecule has 2 N–H and O–H groups in total. The summed E-state index contributed by atoms with van der Waals surface area (Å²) in [6, 6.07) is 0. The minimum absolute atomic E-state index is 0.365. The molecule has 0 amide bonds. The zero-order valence-corrected chi connectivity index (χ0v) is 6.33. The van der Waals surface area contributed by atoms with Gasteiger partial charge in [-0.15, -0.1) is 0 Å². The molecule has 0 saturated heterocycles. The van der Waals surface area contributed by atoms with Gasteiger partial charge in [-0.2, -0.15) is 0 Å². The van der Waals surface area contributed by atoms with Crippen molar-refractivity contribution in [3.8, 4) is 0 Å². The van der Waals surface area contributed by atoms with E-state index in [1.807, 2.05) is 6.92 Å². The summed E-state index contributed by atoms with van der Waals surface area (Å²) in [7, 11) is 0. The predicted octanol–water partition coefficient (Wildman–Crippen LogP) is 0.682. The number of carboxylic acids is 1. The Bertz CT molecular complexity index is 175. The highest BCUT2D eigenvalue weighted by atomic mass is 16.6. The van der Waals surface area contributed by atoms with Crippen LogP contribution in [0.2, 0.25) is 0 Å². The number of rotatable bonds is 5. The van der Waals surface area contributed by atoms with Gasteiger partial charge in [0.25, 0.3) is 0 Å². The smallest absolute Gasteiger partial charge is 0.329 e. The number of nitrogens with one attached hydrogen (secondary N) is 1. The van der Waals surface area contributed by atoms with Crippen molar-refractivity contribution in [2.75, 3.05) is 6.61 Å². The Morgan fingerprint density at radius 1 is 1.82 bits per heavy atom. The van der Waals surface area contributed by atoms with E-state index < -0.39 is 5.97 Å². The van der Waals surface area contributed by atoms with Crippen molar-refractivity contribution < 1.29 is 14.7 Å². The standard InChI is InChI=1S/C7H11NO3/c1-6(2)5-11-8-4-3-7(9)10/h3-4,8H,1,5H2,2H3,(H,9,10)/b4-3+. The van der Waals surface area contributed by atoms with Crippen LogP contribution in [-0.2, 0) is 9.63 Å². The van der Waals surface area contributed by atoms with E-state index in [4.69, 9.17) is 9.94 Å². The van der Waals surface area contributed by atoms with Crippen LogP contribution in [0, 0.1) is 0 Å². The Morgan fingerprint density at radius 3 is 2.91 bits per heavy atom. The first kappa shape index (κ1) is 9.71. The fourth-order valence-electron chi connectivity index (χ4n) is 0.318. The molecule has 0 spiro atoms. The van der Waals surface area contributed by atoms with Crippen molar-refractivity contribution in [3.05, 3.63) is 24.4 Å². The maximum atomic E-state index is 9.90. The SMILES string of the molecule is C=C(C)CON/C=C/C(=O)O. The van der Waals surface area contributed by atoms with Crippen LogP contribution in [-0.4, -0.2) is 17.7 Å². The highest BCUT2D eigenvalue weighted by Gasteiger charge is 1.85. The second-order valence-electron chi connectivity index (χ2n) is 2.04. The number of carboxylic acid groups (broad SMARTS) is 1. The molecule has 0 aliphatic rings. The van der Waals surface area contributed by atoms with Gasteiger partial charge in [0.15, 0.2) is 0 Å². The van der Waals surface area contributed by atoms with E-state index in [2.05, 4.69) is 12.1 Å². The normalized spacial score (nSPS) is 9.91. The van der Waals surface area contributed by atoms with Crippen LogP contribution in [0.25, 0.3) is 0 Å². The van der Waals surface area contributed by atoms with Crippen molar-refractivity contribution in [2.45, 2.75) is 6.92 Å². The Kier molecular flexibility index (Phi) is 4.85. The van der Waals surface area contributed by atoms with Gasteiger partial charge < -0.3 is 5.11 Å². The van der Waals surface area contributed by atoms with Crippen LogP contribution in [0.5, 0.6) is 0 Å². The van der Waals surface area contributed by atoms with Gasteiger partial charge in [0.1, 0.15) is 0 Å². The first-order chi connectivity index (χ1) is 5.13. The summed E-state index contributed by atoms with van der Waals surface area (Å²) in [6.45, 7) is 5.76. The third kappa shape index (κ3) is 8.71. The van der Waals surface area contributed by atoms with Crippen LogP contribution in [0.3, 0.4) is 0 Å². The van der Waals surface area contributed by atoms with Crippen LogP contribution in [0.15, 0.2) is 24.4 Å². The van der Waals surface area contributed by atoms with E-state index in [0.29, 0.717) is 6.61 Å². The van der Waals surface area contributed by atoms with Gasteiger partial charge in [-0.25, -0.2) is 4.79 Å². The van der Waals surface area contributed by atoms with Crippen LogP contribution >= 0.6 is 0 Å². The number of hydroxylamine groups is 1. The molecule has 0 bridgehead atoms. The number of hydrogen-bond acceptors (Lipinski definition) is 3.